The van der Waals surface area contributed by atoms with Gasteiger partial charge >= 0.3 is 7.12 Å². The SMILES string of the molecule is COc1cc(B2OC(C)(C)C(C)(C)O2)cc(N2CCSCC2)c1. The maximum absolute atomic E-state index is 6.19. The molecule has 0 bridgehead atoms. The summed E-state index contributed by atoms with van der Waals surface area (Å²) in [7, 11) is 1.35. The molecule has 23 heavy (non-hydrogen) atoms. The van der Waals surface area contributed by atoms with E-state index in [1.54, 1.807) is 7.11 Å². The predicted molar refractivity (Wildman–Crippen MR) is 98.2 cm³/mol. The van der Waals surface area contributed by atoms with E-state index in [0.29, 0.717) is 0 Å². The van der Waals surface area contributed by atoms with Gasteiger partial charge < -0.3 is 18.9 Å². The number of anilines is 1. The highest BCUT2D eigenvalue weighted by atomic mass is 32.2. The first-order chi connectivity index (χ1) is 10.8. The van der Waals surface area contributed by atoms with E-state index < -0.39 is 0 Å². The summed E-state index contributed by atoms with van der Waals surface area (Å²) in [4.78, 5) is 2.41. The lowest BCUT2D eigenvalue weighted by Gasteiger charge is -2.32. The molecule has 2 saturated heterocycles. The summed E-state index contributed by atoms with van der Waals surface area (Å²) in [6, 6.07) is 6.30. The summed E-state index contributed by atoms with van der Waals surface area (Å²) in [6.45, 7) is 10.5. The molecule has 1 aromatic rings. The lowest BCUT2D eigenvalue weighted by molar-refractivity contribution is 0.00578. The Morgan fingerprint density at radius 1 is 1.04 bits per heavy atom. The van der Waals surface area contributed by atoms with Crippen molar-refractivity contribution in [2.24, 2.45) is 0 Å². The molecule has 0 atom stereocenters. The van der Waals surface area contributed by atoms with Gasteiger partial charge in [-0.2, -0.15) is 11.8 Å². The molecule has 0 amide bonds. The van der Waals surface area contributed by atoms with Crippen LogP contribution in [0.5, 0.6) is 5.75 Å². The largest absolute Gasteiger partial charge is 0.497 e. The van der Waals surface area contributed by atoms with Gasteiger partial charge in [0.15, 0.2) is 0 Å². The Morgan fingerprint density at radius 3 is 2.22 bits per heavy atom. The van der Waals surface area contributed by atoms with Crippen molar-refractivity contribution in [3.05, 3.63) is 18.2 Å². The molecule has 0 saturated carbocycles. The maximum atomic E-state index is 6.19. The highest BCUT2D eigenvalue weighted by Crippen LogP contribution is 2.37. The molecule has 1 aromatic carbocycles. The Hall–Kier alpha value is -0.845. The van der Waals surface area contributed by atoms with Gasteiger partial charge in [0.25, 0.3) is 0 Å². The minimum atomic E-state index is -0.354. The van der Waals surface area contributed by atoms with Crippen LogP contribution in [-0.2, 0) is 9.31 Å². The van der Waals surface area contributed by atoms with Gasteiger partial charge in [0, 0.05) is 36.3 Å². The average Bonchev–Trinajstić information content (AvgIpc) is 2.76. The summed E-state index contributed by atoms with van der Waals surface area (Å²) < 4.78 is 17.9. The monoisotopic (exact) mass is 335 g/mol. The fourth-order valence-corrected chi connectivity index (χ4v) is 3.75. The second-order valence-electron chi connectivity index (χ2n) is 7.15. The summed E-state index contributed by atoms with van der Waals surface area (Å²) in [6.07, 6.45) is 0. The second-order valence-corrected chi connectivity index (χ2v) is 8.38. The quantitative estimate of drug-likeness (QED) is 0.793. The summed E-state index contributed by atoms with van der Waals surface area (Å²) >= 11 is 2.01. The van der Waals surface area contributed by atoms with E-state index in [-0.39, 0.29) is 18.3 Å². The molecule has 0 aromatic heterocycles. The third-order valence-electron chi connectivity index (χ3n) is 5.05. The van der Waals surface area contributed by atoms with E-state index in [1.807, 2.05) is 17.8 Å². The fourth-order valence-electron chi connectivity index (χ4n) is 2.84. The number of nitrogens with zero attached hydrogens (tertiary/aromatic N) is 1. The molecule has 2 aliphatic heterocycles. The Morgan fingerprint density at radius 2 is 1.65 bits per heavy atom. The van der Waals surface area contributed by atoms with E-state index >= 15 is 0 Å². The number of benzene rings is 1. The lowest BCUT2D eigenvalue weighted by atomic mass is 9.78. The van der Waals surface area contributed by atoms with Crippen molar-refractivity contribution in [3.63, 3.8) is 0 Å². The molecule has 4 nitrogen and oxygen atoms in total. The predicted octanol–water partition coefficient (Wildman–Crippen LogP) is 2.55. The van der Waals surface area contributed by atoms with Gasteiger partial charge in [-0.3, -0.25) is 0 Å². The molecule has 2 heterocycles. The second kappa shape index (κ2) is 6.23. The molecule has 0 N–H and O–H groups in total. The Balaban J connectivity index is 1.90. The minimum Gasteiger partial charge on any atom is -0.497 e. The van der Waals surface area contributed by atoms with Gasteiger partial charge in [-0.1, -0.05) is 0 Å². The van der Waals surface area contributed by atoms with Crippen molar-refractivity contribution >= 4 is 30.0 Å². The molecule has 0 radical (unpaired) electrons. The first-order valence-electron chi connectivity index (χ1n) is 8.20. The van der Waals surface area contributed by atoms with E-state index in [0.717, 1.165) is 24.3 Å². The van der Waals surface area contributed by atoms with Gasteiger partial charge in [0.05, 0.1) is 18.3 Å². The van der Waals surface area contributed by atoms with Crippen LogP contribution in [0, 0.1) is 0 Å². The summed E-state index contributed by atoms with van der Waals surface area (Å²) in [5, 5.41) is 0. The third-order valence-corrected chi connectivity index (χ3v) is 5.99. The maximum Gasteiger partial charge on any atom is 0.495 e. The molecule has 0 spiro atoms. The normalized spacial score (nSPS) is 23.2. The van der Waals surface area contributed by atoms with Crippen LogP contribution in [0.25, 0.3) is 0 Å². The Bertz CT molecular complexity index is 557. The van der Waals surface area contributed by atoms with E-state index in [1.165, 1.54) is 17.2 Å². The van der Waals surface area contributed by atoms with E-state index in [2.05, 4.69) is 44.7 Å². The number of methoxy groups -OCH3 is 1. The number of ether oxygens (including phenoxy) is 1. The van der Waals surface area contributed by atoms with Crippen LogP contribution < -0.4 is 15.1 Å². The van der Waals surface area contributed by atoms with Crippen LogP contribution in [0.1, 0.15) is 27.7 Å². The van der Waals surface area contributed by atoms with Crippen molar-refractivity contribution in [1.29, 1.82) is 0 Å². The zero-order chi connectivity index (χ0) is 16.7. The lowest BCUT2D eigenvalue weighted by Crippen LogP contribution is -2.41. The molecule has 3 rings (SSSR count). The number of hydrogen-bond acceptors (Lipinski definition) is 5. The van der Waals surface area contributed by atoms with Crippen LogP contribution in [0.3, 0.4) is 0 Å². The summed E-state index contributed by atoms with van der Waals surface area (Å²) in [5.41, 5.74) is 1.55. The van der Waals surface area contributed by atoms with Gasteiger partial charge in [-0.25, -0.2) is 0 Å². The van der Waals surface area contributed by atoms with E-state index in [9.17, 15) is 0 Å². The van der Waals surface area contributed by atoms with Crippen molar-refractivity contribution in [1.82, 2.24) is 0 Å². The molecule has 2 aliphatic rings. The third kappa shape index (κ3) is 3.35. The fraction of sp³-hybridized carbons (Fsp3) is 0.647. The van der Waals surface area contributed by atoms with Crippen LogP contribution in [0.15, 0.2) is 18.2 Å². The average molecular weight is 335 g/mol. The van der Waals surface area contributed by atoms with Gasteiger partial charge in [-0.15, -0.1) is 0 Å². The Kier molecular flexibility index (Phi) is 4.60. The number of hydrogen-bond donors (Lipinski definition) is 0. The first-order valence-corrected chi connectivity index (χ1v) is 9.35. The molecular weight excluding hydrogens is 309 g/mol. The molecule has 0 unspecified atom stereocenters. The molecule has 0 aliphatic carbocycles. The number of rotatable bonds is 3. The van der Waals surface area contributed by atoms with Crippen LogP contribution in [0.2, 0.25) is 0 Å². The topological polar surface area (TPSA) is 30.9 Å². The van der Waals surface area contributed by atoms with Gasteiger partial charge in [0.1, 0.15) is 5.75 Å². The highest BCUT2D eigenvalue weighted by molar-refractivity contribution is 7.99. The van der Waals surface area contributed by atoms with Crippen molar-refractivity contribution in [2.75, 3.05) is 36.6 Å². The molecule has 6 heteroatoms. The molecule has 2 fully saturated rings. The standard InChI is InChI=1S/C17H26BNO3S/c1-16(2)17(3,4)22-18(21-16)13-10-14(12-15(11-13)20-5)19-6-8-23-9-7-19/h10-12H,6-9H2,1-5H3. The molecular formula is C17H26BNO3S. The smallest absolute Gasteiger partial charge is 0.495 e. The number of thioether (sulfide) groups is 1. The van der Waals surface area contributed by atoms with Crippen LogP contribution >= 0.6 is 11.8 Å². The first kappa shape index (κ1) is 17.0. The zero-order valence-electron chi connectivity index (χ0n) is 14.7. The Labute approximate surface area is 144 Å². The van der Waals surface area contributed by atoms with Crippen LogP contribution in [0.4, 0.5) is 5.69 Å². The van der Waals surface area contributed by atoms with Gasteiger partial charge in [0.2, 0.25) is 0 Å². The van der Waals surface area contributed by atoms with Gasteiger partial charge in [-0.05, 0) is 45.3 Å². The molecule has 126 valence electrons. The van der Waals surface area contributed by atoms with E-state index in [4.69, 9.17) is 14.0 Å². The van der Waals surface area contributed by atoms with Crippen LogP contribution in [-0.4, -0.2) is 50.0 Å². The van der Waals surface area contributed by atoms with Crippen molar-refractivity contribution in [3.8, 4) is 5.75 Å². The zero-order valence-corrected chi connectivity index (χ0v) is 15.5. The minimum absolute atomic E-state index is 0.331. The van der Waals surface area contributed by atoms with Crippen molar-refractivity contribution < 1.29 is 14.0 Å². The highest BCUT2D eigenvalue weighted by Gasteiger charge is 2.51. The van der Waals surface area contributed by atoms with Crippen molar-refractivity contribution in [2.45, 2.75) is 38.9 Å². The summed E-state index contributed by atoms with van der Waals surface area (Å²) in [5.74, 6) is 3.19.